The molecule has 0 spiro atoms. The summed E-state index contributed by atoms with van der Waals surface area (Å²) >= 11 is 1.78. The summed E-state index contributed by atoms with van der Waals surface area (Å²) in [6.07, 6.45) is 6.32. The first-order valence-corrected chi connectivity index (χ1v) is 14.0. The SMILES string of the molecule is CCc1cc(NC(=O)C(=O)N2C[C@@H](C)CC[C@@H]2c2ccc3sc([C@H]4C[C@@H](N(C)C)C4)nc3c2)cnc1N. The molecule has 3 aromatic rings. The van der Waals surface area contributed by atoms with Crippen molar-refractivity contribution in [2.75, 3.05) is 31.7 Å². The van der Waals surface area contributed by atoms with Gasteiger partial charge in [0, 0.05) is 18.5 Å². The molecule has 1 aliphatic heterocycles. The first-order chi connectivity index (χ1) is 17.7. The van der Waals surface area contributed by atoms with E-state index in [9.17, 15) is 9.59 Å². The van der Waals surface area contributed by atoms with Crippen LogP contribution in [-0.4, -0.2) is 58.3 Å². The van der Waals surface area contributed by atoms with Crippen LogP contribution in [0.4, 0.5) is 11.5 Å². The molecule has 1 saturated carbocycles. The Kier molecular flexibility index (Phi) is 7.18. The van der Waals surface area contributed by atoms with Crippen LogP contribution in [0.1, 0.15) is 67.6 Å². The molecule has 0 unspecified atom stereocenters. The molecule has 0 bridgehead atoms. The standard InChI is InChI=1S/C28H36N6O2S/c1-5-17-10-20(14-30-25(17)29)31-26(35)28(36)34-15-16(2)6-8-23(34)18-7-9-24-22(13-18)32-27(37-24)19-11-21(12-19)33(3)4/h7,9-10,13-14,16,19,21,23H,5-6,8,11-12,15H2,1-4H3,(H2,29,30)(H,31,35)/t16-,19-,21+,23+/m0/s1. The fraction of sp³-hybridized carbons (Fsp3) is 0.500. The molecule has 2 aromatic heterocycles. The predicted octanol–water partition coefficient (Wildman–Crippen LogP) is 4.58. The molecule has 3 heterocycles. The molecule has 2 amide bonds. The van der Waals surface area contributed by atoms with Crippen molar-refractivity contribution in [2.45, 2.75) is 64.0 Å². The zero-order valence-corrected chi connectivity index (χ0v) is 22.8. The zero-order valence-electron chi connectivity index (χ0n) is 22.0. The number of piperidine rings is 1. The minimum Gasteiger partial charge on any atom is -0.383 e. The average Bonchev–Trinajstić information content (AvgIpc) is 3.26. The van der Waals surface area contributed by atoms with Crippen LogP contribution in [0.3, 0.4) is 0 Å². The van der Waals surface area contributed by atoms with Gasteiger partial charge in [0.15, 0.2) is 0 Å². The Balaban J connectivity index is 1.34. The molecule has 1 aromatic carbocycles. The van der Waals surface area contributed by atoms with Gasteiger partial charge in [-0.25, -0.2) is 9.97 Å². The normalized spacial score (nSPS) is 23.8. The molecule has 9 heteroatoms. The summed E-state index contributed by atoms with van der Waals surface area (Å²) in [5.41, 5.74) is 9.23. The van der Waals surface area contributed by atoms with Gasteiger partial charge in [0.05, 0.1) is 33.2 Å². The maximum Gasteiger partial charge on any atom is 0.313 e. The number of aromatic nitrogens is 2. The van der Waals surface area contributed by atoms with Crippen LogP contribution in [0.25, 0.3) is 10.2 Å². The number of nitrogens with two attached hydrogens (primary N) is 1. The van der Waals surface area contributed by atoms with Crippen LogP contribution in [-0.2, 0) is 16.0 Å². The Hall–Kier alpha value is -3.04. The molecule has 1 saturated heterocycles. The van der Waals surface area contributed by atoms with E-state index in [-0.39, 0.29) is 6.04 Å². The monoisotopic (exact) mass is 520 g/mol. The number of nitrogens with zero attached hydrogens (tertiary/aromatic N) is 4. The third kappa shape index (κ3) is 5.20. The Bertz CT molecular complexity index is 1320. The molecular formula is C28H36N6O2S. The van der Waals surface area contributed by atoms with Crippen molar-refractivity contribution in [1.29, 1.82) is 0 Å². The maximum absolute atomic E-state index is 13.4. The van der Waals surface area contributed by atoms with Gasteiger partial charge in [-0.3, -0.25) is 9.59 Å². The van der Waals surface area contributed by atoms with Crippen LogP contribution in [0.5, 0.6) is 0 Å². The number of likely N-dealkylation sites (tertiary alicyclic amines) is 1. The predicted molar refractivity (Wildman–Crippen MR) is 149 cm³/mol. The molecule has 5 rings (SSSR count). The van der Waals surface area contributed by atoms with E-state index < -0.39 is 11.8 Å². The largest absolute Gasteiger partial charge is 0.383 e. The van der Waals surface area contributed by atoms with Crippen LogP contribution in [0.15, 0.2) is 30.5 Å². The van der Waals surface area contributed by atoms with E-state index in [2.05, 4.69) is 54.4 Å². The number of thiazole rings is 1. The van der Waals surface area contributed by atoms with E-state index in [1.165, 1.54) is 15.9 Å². The van der Waals surface area contributed by atoms with Crippen molar-refractivity contribution in [2.24, 2.45) is 5.92 Å². The van der Waals surface area contributed by atoms with Crippen LogP contribution in [0.2, 0.25) is 0 Å². The lowest BCUT2D eigenvalue weighted by molar-refractivity contribution is -0.146. The number of fused-ring (bicyclic) bond motifs is 1. The molecule has 0 radical (unpaired) electrons. The van der Waals surface area contributed by atoms with Gasteiger partial charge in [0.2, 0.25) is 0 Å². The average molecular weight is 521 g/mol. The van der Waals surface area contributed by atoms with Gasteiger partial charge in [0.25, 0.3) is 0 Å². The molecule has 2 atom stereocenters. The van der Waals surface area contributed by atoms with Crippen LogP contribution < -0.4 is 11.1 Å². The van der Waals surface area contributed by atoms with E-state index >= 15 is 0 Å². The van der Waals surface area contributed by atoms with Crippen molar-refractivity contribution < 1.29 is 9.59 Å². The molecule has 2 fully saturated rings. The number of hydrogen-bond donors (Lipinski definition) is 2. The topological polar surface area (TPSA) is 104 Å². The quantitative estimate of drug-likeness (QED) is 0.477. The molecule has 3 N–H and O–H groups in total. The van der Waals surface area contributed by atoms with Gasteiger partial charge in [-0.2, -0.15) is 0 Å². The van der Waals surface area contributed by atoms with Crippen LogP contribution >= 0.6 is 11.3 Å². The Morgan fingerprint density at radius 1 is 1.22 bits per heavy atom. The zero-order chi connectivity index (χ0) is 26.3. The fourth-order valence-corrected chi connectivity index (χ4v) is 6.54. The summed E-state index contributed by atoms with van der Waals surface area (Å²) in [7, 11) is 4.28. The first-order valence-electron chi connectivity index (χ1n) is 13.2. The van der Waals surface area contributed by atoms with E-state index in [0.717, 1.165) is 42.3 Å². The van der Waals surface area contributed by atoms with Gasteiger partial charge < -0.3 is 20.9 Å². The number of pyridine rings is 1. The summed E-state index contributed by atoms with van der Waals surface area (Å²) in [4.78, 5) is 39.6. The maximum atomic E-state index is 13.4. The number of nitrogens with one attached hydrogen (secondary N) is 1. The van der Waals surface area contributed by atoms with Crippen molar-refractivity contribution in [3.05, 3.63) is 46.6 Å². The second-order valence-electron chi connectivity index (χ2n) is 10.8. The van der Waals surface area contributed by atoms with Crippen molar-refractivity contribution in [3.8, 4) is 0 Å². The lowest BCUT2D eigenvalue weighted by Gasteiger charge is -2.38. The highest BCUT2D eigenvalue weighted by atomic mass is 32.1. The molecular weight excluding hydrogens is 484 g/mol. The van der Waals surface area contributed by atoms with Gasteiger partial charge in [-0.05, 0) is 81.4 Å². The van der Waals surface area contributed by atoms with Crippen molar-refractivity contribution in [1.82, 2.24) is 19.8 Å². The number of anilines is 2. The number of nitrogen functional groups attached to an aromatic ring is 1. The number of amides is 2. The van der Waals surface area contributed by atoms with Crippen molar-refractivity contribution >= 4 is 44.9 Å². The number of hydrogen-bond acceptors (Lipinski definition) is 7. The lowest BCUT2D eigenvalue weighted by atomic mass is 9.80. The minimum absolute atomic E-state index is 0.151. The number of carbonyl (C=O) groups is 2. The number of benzene rings is 1. The third-order valence-electron chi connectivity index (χ3n) is 7.92. The molecule has 2 aliphatic rings. The van der Waals surface area contributed by atoms with Gasteiger partial charge in [-0.1, -0.05) is 19.9 Å². The molecule has 1 aliphatic carbocycles. The summed E-state index contributed by atoms with van der Waals surface area (Å²) in [5, 5.41) is 3.94. The van der Waals surface area contributed by atoms with E-state index in [1.807, 2.05) is 6.92 Å². The summed E-state index contributed by atoms with van der Waals surface area (Å²) in [5.74, 6) is 0.129. The third-order valence-corrected chi connectivity index (χ3v) is 9.12. The Labute approximate surface area is 222 Å². The summed E-state index contributed by atoms with van der Waals surface area (Å²) in [6.45, 7) is 4.64. The summed E-state index contributed by atoms with van der Waals surface area (Å²) in [6, 6.07) is 8.61. The smallest absolute Gasteiger partial charge is 0.313 e. The Morgan fingerprint density at radius 2 is 2.00 bits per heavy atom. The minimum atomic E-state index is -0.648. The molecule has 8 nitrogen and oxygen atoms in total. The van der Waals surface area contributed by atoms with E-state index in [1.54, 1.807) is 22.3 Å². The number of carbonyl (C=O) groups excluding carboxylic acids is 2. The highest BCUT2D eigenvalue weighted by molar-refractivity contribution is 7.18. The van der Waals surface area contributed by atoms with Gasteiger partial charge >= 0.3 is 11.8 Å². The van der Waals surface area contributed by atoms with Crippen molar-refractivity contribution in [3.63, 3.8) is 0 Å². The van der Waals surface area contributed by atoms with E-state index in [0.29, 0.717) is 42.3 Å². The second-order valence-corrected chi connectivity index (χ2v) is 11.9. The fourth-order valence-electron chi connectivity index (χ4n) is 5.47. The van der Waals surface area contributed by atoms with E-state index in [4.69, 9.17) is 10.7 Å². The Morgan fingerprint density at radius 3 is 2.73 bits per heavy atom. The molecule has 37 heavy (non-hydrogen) atoms. The highest BCUT2D eigenvalue weighted by Crippen LogP contribution is 2.43. The number of rotatable bonds is 5. The first kappa shape index (κ1) is 25.6. The number of aryl methyl sites for hydroxylation is 1. The van der Waals surface area contributed by atoms with Crippen LogP contribution in [0, 0.1) is 5.92 Å². The highest BCUT2D eigenvalue weighted by Gasteiger charge is 2.36. The molecule has 196 valence electrons. The second kappa shape index (κ2) is 10.4. The van der Waals surface area contributed by atoms with Gasteiger partial charge in [-0.15, -0.1) is 11.3 Å². The summed E-state index contributed by atoms with van der Waals surface area (Å²) < 4.78 is 1.18. The lowest BCUT2D eigenvalue weighted by Crippen LogP contribution is -2.46. The van der Waals surface area contributed by atoms with Gasteiger partial charge in [0.1, 0.15) is 5.82 Å².